The molecule has 20 heavy (non-hydrogen) atoms. The Bertz CT molecular complexity index is 590. The summed E-state index contributed by atoms with van der Waals surface area (Å²) in [6, 6.07) is 17.8. The quantitative estimate of drug-likeness (QED) is 0.857. The van der Waals surface area contributed by atoms with Crippen molar-refractivity contribution in [2.24, 2.45) is 5.41 Å². The maximum atomic E-state index is 12.5. The number of hydrogen-bond donors (Lipinski definition) is 1. The van der Waals surface area contributed by atoms with E-state index in [2.05, 4.69) is 12.1 Å². The Morgan fingerprint density at radius 3 is 2.05 bits per heavy atom. The predicted octanol–water partition coefficient (Wildman–Crippen LogP) is 3.70. The lowest BCUT2D eigenvalue weighted by molar-refractivity contribution is 0.0348. The first-order chi connectivity index (χ1) is 9.75. The Labute approximate surface area is 119 Å². The van der Waals surface area contributed by atoms with E-state index < -0.39 is 5.41 Å². The fourth-order valence-electron chi connectivity index (χ4n) is 2.81. The number of hydrogen-bond acceptors (Lipinski definition) is 2. The number of aliphatic hydroxyl groups is 1. The van der Waals surface area contributed by atoms with Gasteiger partial charge in [-0.15, -0.1) is 0 Å². The monoisotopic (exact) mass is 266 g/mol. The predicted molar refractivity (Wildman–Crippen MR) is 79.6 cm³/mol. The summed E-state index contributed by atoms with van der Waals surface area (Å²) >= 11 is 0. The molecule has 2 aromatic carbocycles. The lowest BCUT2D eigenvalue weighted by Gasteiger charge is -2.38. The van der Waals surface area contributed by atoms with E-state index in [1.807, 2.05) is 42.5 Å². The molecule has 2 aromatic rings. The molecule has 1 aliphatic rings. The summed E-state index contributed by atoms with van der Waals surface area (Å²) in [5.74, 6) is 0.0888. The summed E-state index contributed by atoms with van der Waals surface area (Å²) in [7, 11) is 0. The van der Waals surface area contributed by atoms with E-state index in [0.29, 0.717) is 5.56 Å². The molecule has 0 bridgehead atoms. The molecule has 1 aliphatic carbocycles. The first kappa shape index (κ1) is 13.1. The number of benzene rings is 2. The Hall–Kier alpha value is -1.93. The Morgan fingerprint density at radius 1 is 0.950 bits per heavy atom. The van der Waals surface area contributed by atoms with Gasteiger partial charge in [0.15, 0.2) is 5.78 Å². The van der Waals surface area contributed by atoms with E-state index in [9.17, 15) is 9.90 Å². The summed E-state index contributed by atoms with van der Waals surface area (Å²) in [5, 5.41) is 9.48. The second-order valence-corrected chi connectivity index (χ2v) is 5.56. The van der Waals surface area contributed by atoms with Crippen LogP contribution in [0, 0.1) is 5.41 Å². The maximum absolute atomic E-state index is 12.5. The average molecular weight is 266 g/mol. The molecule has 0 aliphatic heterocycles. The van der Waals surface area contributed by atoms with Crippen LogP contribution < -0.4 is 0 Å². The van der Waals surface area contributed by atoms with E-state index in [0.717, 1.165) is 30.4 Å². The molecule has 0 aromatic heterocycles. The van der Waals surface area contributed by atoms with E-state index >= 15 is 0 Å². The number of carbonyl (C=O) groups excluding carboxylic acids is 1. The van der Waals surface area contributed by atoms with Crippen LogP contribution >= 0.6 is 0 Å². The van der Waals surface area contributed by atoms with Gasteiger partial charge in [-0.05, 0) is 24.0 Å². The number of rotatable bonds is 4. The van der Waals surface area contributed by atoms with Crippen molar-refractivity contribution in [3.05, 3.63) is 60.2 Å². The molecule has 0 amide bonds. The van der Waals surface area contributed by atoms with Gasteiger partial charge in [0.2, 0.25) is 0 Å². The lowest BCUT2D eigenvalue weighted by Crippen LogP contribution is -2.41. The van der Waals surface area contributed by atoms with Gasteiger partial charge < -0.3 is 5.11 Å². The van der Waals surface area contributed by atoms with Gasteiger partial charge in [0.1, 0.15) is 0 Å². The Balaban J connectivity index is 1.85. The van der Waals surface area contributed by atoms with E-state index in [4.69, 9.17) is 0 Å². The van der Waals surface area contributed by atoms with Crippen LogP contribution in [0.2, 0.25) is 0 Å². The zero-order chi connectivity index (χ0) is 14.0. The molecule has 2 heteroatoms. The fraction of sp³-hybridized carbons (Fsp3) is 0.278. The molecular weight excluding hydrogens is 248 g/mol. The molecule has 0 unspecified atom stereocenters. The highest BCUT2D eigenvalue weighted by molar-refractivity contribution is 6.01. The van der Waals surface area contributed by atoms with E-state index in [-0.39, 0.29) is 12.4 Å². The van der Waals surface area contributed by atoms with Gasteiger partial charge in [-0.1, -0.05) is 61.0 Å². The van der Waals surface area contributed by atoms with Crippen molar-refractivity contribution in [3.8, 4) is 11.1 Å². The maximum Gasteiger partial charge on any atom is 0.171 e. The highest BCUT2D eigenvalue weighted by Crippen LogP contribution is 2.43. The van der Waals surface area contributed by atoms with Gasteiger partial charge in [-0.3, -0.25) is 4.79 Å². The smallest absolute Gasteiger partial charge is 0.171 e. The molecule has 0 spiro atoms. The average Bonchev–Trinajstić information content (AvgIpc) is 2.48. The van der Waals surface area contributed by atoms with Crippen molar-refractivity contribution in [1.29, 1.82) is 0 Å². The summed E-state index contributed by atoms with van der Waals surface area (Å²) in [5.41, 5.74) is 2.45. The topological polar surface area (TPSA) is 37.3 Å². The number of carbonyl (C=O) groups is 1. The van der Waals surface area contributed by atoms with Crippen molar-refractivity contribution >= 4 is 5.78 Å². The standard InChI is InChI=1S/C18H18O2/c19-13-18(11-4-12-18)17(20)16-9-7-15(8-10-16)14-5-2-1-3-6-14/h1-3,5-10,19H,4,11-13H2. The number of ketones is 1. The highest BCUT2D eigenvalue weighted by atomic mass is 16.3. The van der Waals surface area contributed by atoms with Crippen molar-refractivity contribution in [3.63, 3.8) is 0 Å². The molecule has 1 saturated carbocycles. The number of aliphatic hydroxyl groups excluding tert-OH is 1. The van der Waals surface area contributed by atoms with Gasteiger partial charge in [-0.25, -0.2) is 0 Å². The second-order valence-electron chi connectivity index (χ2n) is 5.56. The Kier molecular flexibility index (Phi) is 3.41. The highest BCUT2D eigenvalue weighted by Gasteiger charge is 2.43. The van der Waals surface area contributed by atoms with Crippen LogP contribution in [0.5, 0.6) is 0 Å². The van der Waals surface area contributed by atoms with Gasteiger partial charge in [0.25, 0.3) is 0 Å². The molecule has 2 nitrogen and oxygen atoms in total. The van der Waals surface area contributed by atoms with E-state index in [1.165, 1.54) is 0 Å². The van der Waals surface area contributed by atoms with Crippen LogP contribution in [0.4, 0.5) is 0 Å². The third kappa shape index (κ3) is 2.16. The SMILES string of the molecule is O=C(c1ccc(-c2ccccc2)cc1)C1(CO)CCC1. The summed E-state index contributed by atoms with van der Waals surface area (Å²) in [6.45, 7) is -0.0354. The summed E-state index contributed by atoms with van der Waals surface area (Å²) in [6.07, 6.45) is 2.65. The van der Waals surface area contributed by atoms with Crippen LogP contribution in [0.1, 0.15) is 29.6 Å². The van der Waals surface area contributed by atoms with Crippen LogP contribution in [0.15, 0.2) is 54.6 Å². The second kappa shape index (κ2) is 5.22. The van der Waals surface area contributed by atoms with Crippen LogP contribution in [-0.2, 0) is 0 Å². The minimum absolute atomic E-state index is 0.0354. The van der Waals surface area contributed by atoms with Gasteiger partial charge >= 0.3 is 0 Å². The molecule has 102 valence electrons. The molecule has 1 fully saturated rings. The largest absolute Gasteiger partial charge is 0.395 e. The summed E-state index contributed by atoms with van der Waals surface area (Å²) < 4.78 is 0. The van der Waals surface area contributed by atoms with Gasteiger partial charge in [0.05, 0.1) is 12.0 Å². The minimum atomic E-state index is -0.506. The van der Waals surface area contributed by atoms with E-state index in [1.54, 1.807) is 0 Å². The van der Waals surface area contributed by atoms with Gasteiger partial charge in [-0.2, -0.15) is 0 Å². The molecule has 0 radical (unpaired) electrons. The third-order valence-electron chi connectivity index (χ3n) is 4.35. The fourth-order valence-corrected chi connectivity index (χ4v) is 2.81. The first-order valence-electron chi connectivity index (χ1n) is 7.06. The lowest BCUT2D eigenvalue weighted by atomic mass is 9.65. The molecule has 0 atom stereocenters. The van der Waals surface area contributed by atoms with Crippen LogP contribution in [0.3, 0.4) is 0 Å². The number of Topliss-reactive ketones (excluding diaryl/α,β-unsaturated/α-hetero) is 1. The summed E-state index contributed by atoms with van der Waals surface area (Å²) in [4.78, 5) is 12.5. The zero-order valence-corrected chi connectivity index (χ0v) is 11.4. The van der Waals surface area contributed by atoms with Crippen molar-refractivity contribution in [1.82, 2.24) is 0 Å². The first-order valence-corrected chi connectivity index (χ1v) is 7.06. The van der Waals surface area contributed by atoms with Crippen LogP contribution in [0.25, 0.3) is 11.1 Å². The van der Waals surface area contributed by atoms with Crippen molar-refractivity contribution in [2.45, 2.75) is 19.3 Å². The molecule has 0 saturated heterocycles. The zero-order valence-electron chi connectivity index (χ0n) is 11.4. The Morgan fingerprint density at radius 2 is 1.55 bits per heavy atom. The van der Waals surface area contributed by atoms with Crippen molar-refractivity contribution in [2.75, 3.05) is 6.61 Å². The molecule has 0 heterocycles. The van der Waals surface area contributed by atoms with Gasteiger partial charge in [0, 0.05) is 5.56 Å². The third-order valence-corrected chi connectivity index (χ3v) is 4.35. The minimum Gasteiger partial charge on any atom is -0.395 e. The molecule has 1 N–H and O–H groups in total. The van der Waals surface area contributed by atoms with Crippen LogP contribution in [-0.4, -0.2) is 17.5 Å². The van der Waals surface area contributed by atoms with Crippen molar-refractivity contribution < 1.29 is 9.90 Å². The normalized spacial score (nSPS) is 16.4. The molecular formula is C18H18O2. The molecule has 3 rings (SSSR count).